The van der Waals surface area contributed by atoms with E-state index in [0.717, 1.165) is 0 Å². The standard InChI is InChI=1S/C15H13ClN2O4S/c1-21-13-8-14(22-2)12(7-11(13)16)18-23(19,20)15-6-4-3-5-10(15)9-17/h3-8,18H,1-2H3. The van der Waals surface area contributed by atoms with Crippen molar-refractivity contribution in [3.63, 3.8) is 0 Å². The van der Waals surface area contributed by atoms with Crippen LogP contribution >= 0.6 is 11.6 Å². The number of hydrogen-bond acceptors (Lipinski definition) is 5. The van der Waals surface area contributed by atoms with Crippen molar-refractivity contribution in [3.8, 4) is 17.6 Å². The Morgan fingerprint density at radius 3 is 2.39 bits per heavy atom. The van der Waals surface area contributed by atoms with E-state index in [1.165, 1.54) is 44.6 Å². The molecule has 0 saturated heterocycles. The summed E-state index contributed by atoms with van der Waals surface area (Å²) in [5, 5.41) is 9.28. The Balaban J connectivity index is 2.50. The molecule has 2 aromatic rings. The number of methoxy groups -OCH3 is 2. The average molecular weight is 353 g/mol. The summed E-state index contributed by atoms with van der Waals surface area (Å²) >= 11 is 6.02. The smallest absolute Gasteiger partial charge is 0.263 e. The molecule has 6 nitrogen and oxygen atoms in total. The molecule has 0 aliphatic rings. The molecule has 0 atom stereocenters. The van der Waals surface area contributed by atoms with Crippen LogP contribution in [0.4, 0.5) is 5.69 Å². The maximum absolute atomic E-state index is 12.5. The van der Waals surface area contributed by atoms with Crippen molar-refractivity contribution in [2.24, 2.45) is 0 Å². The van der Waals surface area contributed by atoms with Crippen molar-refractivity contribution < 1.29 is 17.9 Å². The van der Waals surface area contributed by atoms with E-state index in [2.05, 4.69) is 4.72 Å². The molecule has 0 aromatic heterocycles. The van der Waals surface area contributed by atoms with Crippen molar-refractivity contribution in [2.75, 3.05) is 18.9 Å². The van der Waals surface area contributed by atoms with Crippen LogP contribution in [0.5, 0.6) is 11.5 Å². The van der Waals surface area contributed by atoms with Gasteiger partial charge in [0.2, 0.25) is 0 Å². The largest absolute Gasteiger partial charge is 0.495 e. The second-order valence-corrected chi connectivity index (χ2v) is 6.46. The Morgan fingerprint density at radius 1 is 1.13 bits per heavy atom. The fourth-order valence-electron chi connectivity index (χ4n) is 1.93. The molecule has 0 aliphatic heterocycles. The van der Waals surface area contributed by atoms with E-state index >= 15 is 0 Å². The van der Waals surface area contributed by atoms with Crippen LogP contribution in [-0.2, 0) is 10.0 Å². The lowest BCUT2D eigenvalue weighted by Crippen LogP contribution is -2.15. The summed E-state index contributed by atoms with van der Waals surface area (Å²) in [6, 6.07) is 10.6. The fraction of sp³-hybridized carbons (Fsp3) is 0.133. The van der Waals surface area contributed by atoms with Crippen LogP contribution in [0.3, 0.4) is 0 Å². The van der Waals surface area contributed by atoms with Crippen LogP contribution in [0.15, 0.2) is 41.3 Å². The van der Waals surface area contributed by atoms with Crippen LogP contribution < -0.4 is 14.2 Å². The zero-order valence-electron chi connectivity index (χ0n) is 12.3. The number of rotatable bonds is 5. The van der Waals surface area contributed by atoms with E-state index in [-0.39, 0.29) is 26.9 Å². The quantitative estimate of drug-likeness (QED) is 0.893. The second-order valence-electron chi connectivity index (χ2n) is 4.40. The molecule has 2 aromatic carbocycles. The molecule has 2 rings (SSSR count). The highest BCUT2D eigenvalue weighted by molar-refractivity contribution is 7.92. The number of nitriles is 1. The topological polar surface area (TPSA) is 88.4 Å². The van der Waals surface area contributed by atoms with Crippen LogP contribution in [-0.4, -0.2) is 22.6 Å². The molecule has 0 radical (unpaired) electrons. The predicted octanol–water partition coefficient (Wildman–Crippen LogP) is 3.03. The maximum Gasteiger partial charge on any atom is 0.263 e. The number of nitrogens with one attached hydrogen (secondary N) is 1. The van der Waals surface area contributed by atoms with E-state index in [9.17, 15) is 8.42 Å². The predicted molar refractivity (Wildman–Crippen MR) is 86.5 cm³/mol. The molecular formula is C15H13ClN2O4S. The molecule has 23 heavy (non-hydrogen) atoms. The van der Waals surface area contributed by atoms with Gasteiger partial charge in [0.25, 0.3) is 10.0 Å². The van der Waals surface area contributed by atoms with Crippen molar-refractivity contribution in [2.45, 2.75) is 4.90 Å². The molecule has 0 amide bonds. The van der Waals surface area contributed by atoms with Gasteiger partial charge in [0.05, 0.1) is 30.5 Å². The van der Waals surface area contributed by atoms with Gasteiger partial charge in [-0.25, -0.2) is 8.42 Å². The molecule has 0 saturated carbocycles. The molecule has 120 valence electrons. The molecule has 0 spiro atoms. The lowest BCUT2D eigenvalue weighted by atomic mass is 10.2. The fourth-order valence-corrected chi connectivity index (χ4v) is 3.39. The van der Waals surface area contributed by atoms with Crippen molar-refractivity contribution in [1.82, 2.24) is 0 Å². The van der Waals surface area contributed by atoms with Gasteiger partial charge in [-0.1, -0.05) is 23.7 Å². The number of nitrogens with zero attached hydrogens (tertiary/aromatic N) is 1. The molecular weight excluding hydrogens is 340 g/mol. The van der Waals surface area contributed by atoms with Gasteiger partial charge in [-0.3, -0.25) is 4.72 Å². The first-order valence-electron chi connectivity index (χ1n) is 6.36. The summed E-state index contributed by atoms with van der Waals surface area (Å²) in [6.45, 7) is 0. The SMILES string of the molecule is COc1cc(OC)c(NS(=O)(=O)c2ccccc2C#N)cc1Cl. The zero-order valence-corrected chi connectivity index (χ0v) is 13.9. The number of anilines is 1. The number of benzene rings is 2. The average Bonchev–Trinajstić information content (AvgIpc) is 2.54. The van der Waals surface area contributed by atoms with Gasteiger partial charge >= 0.3 is 0 Å². The number of halogens is 1. The molecule has 8 heteroatoms. The first kappa shape index (κ1) is 16.9. The molecule has 1 N–H and O–H groups in total. The number of sulfonamides is 1. The Hall–Kier alpha value is -2.43. The summed E-state index contributed by atoms with van der Waals surface area (Å²) < 4.78 is 37.6. The third-order valence-electron chi connectivity index (χ3n) is 3.02. The van der Waals surface area contributed by atoms with Crippen LogP contribution in [0.1, 0.15) is 5.56 Å². The summed E-state index contributed by atoms with van der Waals surface area (Å²) in [5.41, 5.74) is 0.185. The Bertz CT molecular complexity index is 876. The maximum atomic E-state index is 12.5. The van der Waals surface area contributed by atoms with Gasteiger partial charge in [0.15, 0.2) is 0 Å². The molecule has 0 heterocycles. The summed E-state index contributed by atoms with van der Waals surface area (Å²) in [4.78, 5) is -0.128. The monoisotopic (exact) mass is 352 g/mol. The third kappa shape index (κ3) is 3.50. The summed E-state index contributed by atoms with van der Waals surface area (Å²) in [5.74, 6) is 0.591. The van der Waals surface area contributed by atoms with Gasteiger partial charge in [-0.2, -0.15) is 5.26 Å². The van der Waals surface area contributed by atoms with E-state index < -0.39 is 10.0 Å². The Morgan fingerprint density at radius 2 is 1.78 bits per heavy atom. The minimum absolute atomic E-state index is 0.0403. The molecule has 0 aliphatic carbocycles. The lowest BCUT2D eigenvalue weighted by Gasteiger charge is -2.14. The van der Waals surface area contributed by atoms with Gasteiger partial charge in [-0.05, 0) is 18.2 Å². The Labute approximate surface area is 139 Å². The lowest BCUT2D eigenvalue weighted by molar-refractivity contribution is 0.396. The Kier molecular flexibility index (Phi) is 4.98. The van der Waals surface area contributed by atoms with Gasteiger partial charge < -0.3 is 9.47 Å². The van der Waals surface area contributed by atoms with Gasteiger partial charge in [0, 0.05) is 6.07 Å². The highest BCUT2D eigenvalue weighted by Gasteiger charge is 2.21. The molecule has 0 fully saturated rings. The third-order valence-corrected chi connectivity index (χ3v) is 4.73. The minimum atomic E-state index is -3.98. The summed E-state index contributed by atoms with van der Waals surface area (Å²) in [6.07, 6.45) is 0. The molecule has 0 unspecified atom stereocenters. The van der Waals surface area contributed by atoms with E-state index in [1.807, 2.05) is 6.07 Å². The number of hydrogen-bond donors (Lipinski definition) is 1. The highest BCUT2D eigenvalue weighted by Crippen LogP contribution is 2.37. The van der Waals surface area contributed by atoms with Crippen molar-refractivity contribution in [3.05, 3.63) is 47.0 Å². The van der Waals surface area contributed by atoms with Crippen LogP contribution in [0, 0.1) is 11.3 Å². The minimum Gasteiger partial charge on any atom is -0.495 e. The molecule has 0 bridgehead atoms. The van der Waals surface area contributed by atoms with Gasteiger partial charge in [0.1, 0.15) is 22.5 Å². The van der Waals surface area contributed by atoms with Gasteiger partial charge in [-0.15, -0.1) is 0 Å². The zero-order chi connectivity index (χ0) is 17.0. The van der Waals surface area contributed by atoms with E-state index in [0.29, 0.717) is 5.75 Å². The van der Waals surface area contributed by atoms with Crippen molar-refractivity contribution in [1.29, 1.82) is 5.26 Å². The first-order valence-corrected chi connectivity index (χ1v) is 8.22. The normalized spacial score (nSPS) is 10.7. The van der Waals surface area contributed by atoms with E-state index in [4.69, 9.17) is 26.3 Å². The van der Waals surface area contributed by atoms with Crippen molar-refractivity contribution >= 4 is 27.3 Å². The van der Waals surface area contributed by atoms with Crippen LogP contribution in [0.25, 0.3) is 0 Å². The van der Waals surface area contributed by atoms with Crippen LogP contribution in [0.2, 0.25) is 5.02 Å². The first-order chi connectivity index (χ1) is 10.9. The highest BCUT2D eigenvalue weighted by atomic mass is 35.5. The number of ether oxygens (including phenoxy) is 2. The second kappa shape index (κ2) is 6.77. The van der Waals surface area contributed by atoms with E-state index in [1.54, 1.807) is 6.07 Å². The summed E-state index contributed by atoms with van der Waals surface area (Å²) in [7, 11) is -1.15.